The van der Waals surface area contributed by atoms with Gasteiger partial charge in [-0.2, -0.15) is 0 Å². The van der Waals surface area contributed by atoms with Crippen LogP contribution in [0.4, 0.5) is 4.39 Å². The first kappa shape index (κ1) is 14.5. The van der Waals surface area contributed by atoms with Gasteiger partial charge in [0.05, 0.1) is 7.11 Å². The van der Waals surface area contributed by atoms with Crippen LogP contribution in [0.3, 0.4) is 0 Å². The van der Waals surface area contributed by atoms with Crippen LogP contribution in [0.2, 0.25) is 0 Å². The molecule has 2 aromatic carbocycles. The number of para-hydroxylation sites is 1. The van der Waals surface area contributed by atoms with Crippen LogP contribution >= 0.6 is 0 Å². The second kappa shape index (κ2) is 6.06. The zero-order valence-corrected chi connectivity index (χ0v) is 11.9. The van der Waals surface area contributed by atoms with Crippen molar-refractivity contribution in [2.24, 2.45) is 5.73 Å². The monoisotopic (exact) mass is 273 g/mol. The Morgan fingerprint density at radius 1 is 1.10 bits per heavy atom. The lowest BCUT2D eigenvalue weighted by Gasteiger charge is -2.29. The molecule has 3 heteroatoms. The maximum atomic E-state index is 13.1. The summed E-state index contributed by atoms with van der Waals surface area (Å²) >= 11 is 0. The number of rotatable bonds is 5. The molecule has 0 bridgehead atoms. The van der Waals surface area contributed by atoms with E-state index in [1.807, 2.05) is 24.3 Å². The van der Waals surface area contributed by atoms with E-state index in [9.17, 15) is 4.39 Å². The molecule has 0 radical (unpaired) electrons. The summed E-state index contributed by atoms with van der Waals surface area (Å²) in [6.45, 7) is 2.57. The van der Waals surface area contributed by atoms with Gasteiger partial charge in [-0.1, -0.05) is 37.3 Å². The first-order valence-corrected chi connectivity index (χ1v) is 6.67. The number of hydrogen-bond acceptors (Lipinski definition) is 2. The van der Waals surface area contributed by atoms with Crippen molar-refractivity contribution in [1.82, 2.24) is 0 Å². The molecule has 0 aliphatic carbocycles. The zero-order valence-electron chi connectivity index (χ0n) is 11.9. The molecule has 0 heterocycles. The lowest BCUT2D eigenvalue weighted by molar-refractivity contribution is 0.399. The van der Waals surface area contributed by atoms with E-state index in [1.54, 1.807) is 19.2 Å². The Hall–Kier alpha value is -1.87. The third-order valence-corrected chi connectivity index (χ3v) is 3.76. The van der Waals surface area contributed by atoms with Gasteiger partial charge in [0.15, 0.2) is 0 Å². The van der Waals surface area contributed by atoms with Gasteiger partial charge >= 0.3 is 0 Å². The Labute approximate surface area is 119 Å². The molecule has 0 aliphatic rings. The molecule has 0 aromatic heterocycles. The molecule has 0 fully saturated rings. The predicted octanol–water partition coefficient (Wildman–Crippen LogP) is 3.29. The molecule has 2 nitrogen and oxygen atoms in total. The van der Waals surface area contributed by atoms with Crippen LogP contribution in [0, 0.1) is 5.82 Å². The molecule has 2 N–H and O–H groups in total. The summed E-state index contributed by atoms with van der Waals surface area (Å²) in [4.78, 5) is 0. The Bertz CT molecular complexity index is 567. The molecule has 0 amide bonds. The second-order valence-corrected chi connectivity index (χ2v) is 5.26. The highest BCUT2D eigenvalue weighted by atomic mass is 19.1. The highest BCUT2D eigenvalue weighted by Gasteiger charge is 2.26. The van der Waals surface area contributed by atoms with Gasteiger partial charge in [0.1, 0.15) is 11.6 Å². The molecule has 1 atom stereocenters. The minimum atomic E-state index is -0.248. The summed E-state index contributed by atoms with van der Waals surface area (Å²) in [5, 5.41) is 0. The van der Waals surface area contributed by atoms with Crippen LogP contribution < -0.4 is 10.5 Å². The second-order valence-electron chi connectivity index (χ2n) is 5.26. The van der Waals surface area contributed by atoms with Gasteiger partial charge in [-0.15, -0.1) is 0 Å². The normalized spacial score (nSPS) is 13.8. The lowest BCUT2D eigenvalue weighted by Crippen LogP contribution is -2.34. The maximum absolute atomic E-state index is 13.1. The van der Waals surface area contributed by atoms with E-state index in [-0.39, 0.29) is 11.2 Å². The van der Waals surface area contributed by atoms with Crippen LogP contribution in [0.15, 0.2) is 48.5 Å². The van der Waals surface area contributed by atoms with Crippen molar-refractivity contribution in [3.63, 3.8) is 0 Å². The predicted molar refractivity (Wildman–Crippen MR) is 79.5 cm³/mol. The van der Waals surface area contributed by atoms with E-state index in [0.29, 0.717) is 6.54 Å². The number of halogens is 1. The molecule has 0 saturated carbocycles. The van der Waals surface area contributed by atoms with Crippen molar-refractivity contribution in [3.05, 3.63) is 65.5 Å². The molecule has 106 valence electrons. The number of benzene rings is 2. The Morgan fingerprint density at radius 3 is 2.35 bits per heavy atom. The molecular formula is C17H20FNO. The molecule has 0 aliphatic heterocycles. The highest BCUT2D eigenvalue weighted by molar-refractivity contribution is 5.37. The molecular weight excluding hydrogens is 253 g/mol. The molecule has 2 rings (SSSR count). The maximum Gasteiger partial charge on any atom is 0.123 e. The van der Waals surface area contributed by atoms with Crippen molar-refractivity contribution >= 4 is 0 Å². The molecule has 20 heavy (non-hydrogen) atoms. The summed E-state index contributed by atoms with van der Waals surface area (Å²) in [5.74, 6) is 0.625. The Morgan fingerprint density at radius 2 is 1.75 bits per heavy atom. The minimum absolute atomic E-state index is 0.231. The average molecular weight is 273 g/mol. The average Bonchev–Trinajstić information content (AvgIpc) is 2.48. The van der Waals surface area contributed by atoms with Crippen LogP contribution in [0.25, 0.3) is 0 Å². The highest BCUT2D eigenvalue weighted by Crippen LogP contribution is 2.31. The Kier molecular flexibility index (Phi) is 4.40. The summed E-state index contributed by atoms with van der Waals surface area (Å²) in [5.41, 5.74) is 7.87. The largest absolute Gasteiger partial charge is 0.496 e. The summed E-state index contributed by atoms with van der Waals surface area (Å²) in [6, 6.07) is 14.5. The van der Waals surface area contributed by atoms with Gasteiger partial charge in [0, 0.05) is 12.0 Å². The van der Waals surface area contributed by atoms with Crippen molar-refractivity contribution in [1.29, 1.82) is 0 Å². The number of hydrogen-bond donors (Lipinski definition) is 1. The quantitative estimate of drug-likeness (QED) is 0.907. The van der Waals surface area contributed by atoms with Gasteiger partial charge in [0.2, 0.25) is 0 Å². The van der Waals surface area contributed by atoms with E-state index >= 15 is 0 Å². The standard InChI is InChI=1S/C17H20FNO/c1-17(12-19,14-7-9-15(18)10-8-14)11-13-5-3-4-6-16(13)20-2/h3-10H,11-12,19H2,1-2H3. The number of ether oxygens (including phenoxy) is 1. The van der Waals surface area contributed by atoms with Crippen LogP contribution in [0.5, 0.6) is 5.75 Å². The fourth-order valence-electron chi connectivity index (χ4n) is 2.41. The SMILES string of the molecule is COc1ccccc1CC(C)(CN)c1ccc(F)cc1. The van der Waals surface area contributed by atoms with Gasteiger partial charge in [0.25, 0.3) is 0 Å². The third kappa shape index (κ3) is 2.99. The molecule has 0 spiro atoms. The zero-order chi connectivity index (χ0) is 14.6. The van der Waals surface area contributed by atoms with E-state index in [4.69, 9.17) is 10.5 Å². The van der Waals surface area contributed by atoms with Gasteiger partial charge in [-0.3, -0.25) is 0 Å². The van der Waals surface area contributed by atoms with E-state index in [2.05, 4.69) is 6.92 Å². The third-order valence-electron chi connectivity index (χ3n) is 3.76. The van der Waals surface area contributed by atoms with Crippen LogP contribution in [-0.2, 0) is 11.8 Å². The first-order chi connectivity index (χ1) is 9.59. The van der Waals surface area contributed by atoms with E-state index in [1.165, 1.54) is 12.1 Å². The molecule has 0 saturated heterocycles. The van der Waals surface area contributed by atoms with Gasteiger partial charge < -0.3 is 10.5 Å². The van der Waals surface area contributed by atoms with Crippen LogP contribution in [0.1, 0.15) is 18.1 Å². The fraction of sp³-hybridized carbons (Fsp3) is 0.294. The van der Waals surface area contributed by atoms with Crippen molar-refractivity contribution in [2.45, 2.75) is 18.8 Å². The fourth-order valence-corrected chi connectivity index (χ4v) is 2.41. The molecule has 1 unspecified atom stereocenters. The van der Waals surface area contributed by atoms with Crippen molar-refractivity contribution in [2.75, 3.05) is 13.7 Å². The Balaban J connectivity index is 2.34. The van der Waals surface area contributed by atoms with Gasteiger partial charge in [-0.05, 0) is 35.7 Å². The van der Waals surface area contributed by atoms with Crippen LogP contribution in [-0.4, -0.2) is 13.7 Å². The smallest absolute Gasteiger partial charge is 0.123 e. The number of methoxy groups -OCH3 is 1. The van der Waals surface area contributed by atoms with E-state index in [0.717, 1.165) is 23.3 Å². The molecule has 2 aromatic rings. The topological polar surface area (TPSA) is 35.2 Å². The van der Waals surface area contributed by atoms with Gasteiger partial charge in [-0.25, -0.2) is 4.39 Å². The summed E-state index contributed by atoms with van der Waals surface area (Å²) in [7, 11) is 1.66. The lowest BCUT2D eigenvalue weighted by atomic mass is 9.77. The van der Waals surface area contributed by atoms with E-state index < -0.39 is 0 Å². The van der Waals surface area contributed by atoms with Crippen molar-refractivity contribution < 1.29 is 9.13 Å². The van der Waals surface area contributed by atoms with Crippen molar-refractivity contribution in [3.8, 4) is 5.75 Å². The number of nitrogens with two attached hydrogens (primary N) is 1. The first-order valence-electron chi connectivity index (χ1n) is 6.67. The summed E-state index contributed by atoms with van der Waals surface area (Å²) < 4.78 is 18.5. The summed E-state index contributed by atoms with van der Waals surface area (Å²) in [6.07, 6.45) is 0.749. The minimum Gasteiger partial charge on any atom is -0.496 e.